The SMILES string of the molecule is CC(C)(C)Cc1ccc2ccc(-c3ncnc4c3sc3c5cc(CC(C)(C)C)ccc5oc43)cc2c1. The van der Waals surface area contributed by atoms with Crippen LogP contribution in [0.2, 0.25) is 0 Å². The van der Waals surface area contributed by atoms with Crippen molar-refractivity contribution >= 4 is 53.6 Å². The van der Waals surface area contributed by atoms with Gasteiger partial charge in [-0.3, -0.25) is 0 Å². The Balaban J connectivity index is 1.49. The van der Waals surface area contributed by atoms with Crippen molar-refractivity contribution in [1.82, 2.24) is 9.97 Å². The Kier molecular flexibility index (Phi) is 5.24. The van der Waals surface area contributed by atoms with Crippen LogP contribution < -0.4 is 0 Å². The summed E-state index contributed by atoms with van der Waals surface area (Å²) >= 11 is 1.74. The van der Waals surface area contributed by atoms with E-state index in [1.165, 1.54) is 27.3 Å². The van der Waals surface area contributed by atoms with E-state index in [-0.39, 0.29) is 10.8 Å². The second kappa shape index (κ2) is 8.14. The summed E-state index contributed by atoms with van der Waals surface area (Å²) < 4.78 is 8.58. The summed E-state index contributed by atoms with van der Waals surface area (Å²) in [5, 5.41) is 3.67. The van der Waals surface area contributed by atoms with Gasteiger partial charge in [-0.15, -0.1) is 11.3 Å². The number of thiophene rings is 1. The number of aromatic nitrogens is 2. The van der Waals surface area contributed by atoms with Crippen molar-refractivity contribution in [3.05, 3.63) is 72.1 Å². The quantitative estimate of drug-likeness (QED) is 0.247. The Morgan fingerprint density at radius 3 is 2.17 bits per heavy atom. The van der Waals surface area contributed by atoms with Crippen molar-refractivity contribution in [2.45, 2.75) is 54.4 Å². The highest BCUT2D eigenvalue weighted by Crippen LogP contribution is 2.43. The van der Waals surface area contributed by atoms with E-state index in [1.54, 1.807) is 17.7 Å². The molecule has 0 spiro atoms. The van der Waals surface area contributed by atoms with Gasteiger partial charge in [-0.2, -0.15) is 0 Å². The third kappa shape index (κ3) is 4.28. The molecule has 0 fully saturated rings. The molecule has 0 bridgehead atoms. The Morgan fingerprint density at radius 2 is 1.42 bits per heavy atom. The Labute approximate surface area is 216 Å². The molecule has 6 rings (SSSR count). The second-order valence-corrected chi connectivity index (χ2v) is 13.5. The van der Waals surface area contributed by atoms with Gasteiger partial charge in [0.25, 0.3) is 0 Å². The van der Waals surface area contributed by atoms with Crippen molar-refractivity contribution < 1.29 is 4.42 Å². The molecule has 4 heteroatoms. The number of benzene rings is 3. The van der Waals surface area contributed by atoms with E-state index in [1.807, 2.05) is 0 Å². The van der Waals surface area contributed by atoms with Gasteiger partial charge in [0, 0.05) is 10.9 Å². The van der Waals surface area contributed by atoms with Crippen molar-refractivity contribution in [3.8, 4) is 11.3 Å². The van der Waals surface area contributed by atoms with E-state index in [0.717, 1.165) is 50.2 Å². The first-order valence-corrected chi connectivity index (χ1v) is 13.5. The van der Waals surface area contributed by atoms with E-state index < -0.39 is 0 Å². The molecule has 0 radical (unpaired) electrons. The van der Waals surface area contributed by atoms with Crippen LogP contribution in [0.25, 0.3) is 53.5 Å². The summed E-state index contributed by atoms with van der Waals surface area (Å²) in [7, 11) is 0. The maximum atomic E-state index is 6.33. The van der Waals surface area contributed by atoms with Gasteiger partial charge in [0.15, 0.2) is 5.58 Å². The minimum absolute atomic E-state index is 0.234. The fourth-order valence-electron chi connectivity index (χ4n) is 5.21. The standard InChI is InChI=1S/C32H32N2OS/c1-31(2,3)16-19-7-9-21-10-11-22(15-23(21)13-19)26-30-27(34-18-33-26)28-29(36-30)24-14-20(17-32(4,5)6)8-12-25(24)35-28/h7-15,18H,16-17H2,1-6H3. The van der Waals surface area contributed by atoms with E-state index in [0.29, 0.717) is 0 Å². The Morgan fingerprint density at radius 1 is 0.722 bits per heavy atom. The third-order valence-electron chi connectivity index (χ3n) is 6.58. The molecule has 0 N–H and O–H groups in total. The molecule has 3 nitrogen and oxygen atoms in total. The molecule has 36 heavy (non-hydrogen) atoms. The largest absolute Gasteiger partial charge is 0.453 e. The maximum Gasteiger partial charge on any atom is 0.172 e. The zero-order valence-corrected chi connectivity index (χ0v) is 22.7. The van der Waals surface area contributed by atoms with Crippen molar-refractivity contribution in [2.75, 3.05) is 0 Å². The van der Waals surface area contributed by atoms with Crippen LogP contribution in [0.1, 0.15) is 52.7 Å². The highest BCUT2D eigenvalue weighted by atomic mass is 32.1. The molecule has 182 valence electrons. The molecule has 3 aromatic carbocycles. The molecule has 0 aliphatic rings. The topological polar surface area (TPSA) is 38.9 Å². The first kappa shape index (κ1) is 23.2. The van der Waals surface area contributed by atoms with Crippen LogP contribution in [0.3, 0.4) is 0 Å². The van der Waals surface area contributed by atoms with Crippen molar-refractivity contribution in [3.63, 3.8) is 0 Å². The zero-order chi connectivity index (χ0) is 25.2. The second-order valence-electron chi connectivity index (χ2n) is 12.5. The molecule has 0 saturated heterocycles. The molecule has 0 aliphatic heterocycles. The van der Waals surface area contributed by atoms with Crippen molar-refractivity contribution in [1.29, 1.82) is 0 Å². The van der Waals surface area contributed by atoms with Gasteiger partial charge in [0.2, 0.25) is 0 Å². The van der Waals surface area contributed by atoms with Crippen LogP contribution in [-0.2, 0) is 12.8 Å². The maximum absolute atomic E-state index is 6.33. The molecule has 6 aromatic rings. The number of hydrogen-bond acceptors (Lipinski definition) is 4. The predicted molar refractivity (Wildman–Crippen MR) is 154 cm³/mol. The fraction of sp³-hybridized carbons (Fsp3) is 0.312. The van der Waals surface area contributed by atoms with Crippen molar-refractivity contribution in [2.24, 2.45) is 10.8 Å². The number of hydrogen-bond donors (Lipinski definition) is 0. The molecule has 3 heterocycles. The van der Waals surface area contributed by atoms with Gasteiger partial charge >= 0.3 is 0 Å². The smallest absolute Gasteiger partial charge is 0.172 e. The van der Waals surface area contributed by atoms with Gasteiger partial charge in [-0.05, 0) is 63.8 Å². The molecular weight excluding hydrogens is 460 g/mol. The molecular formula is C32H32N2OS. The molecule has 0 atom stereocenters. The van der Waals surface area contributed by atoms with Gasteiger partial charge in [-0.25, -0.2) is 9.97 Å². The lowest BCUT2D eigenvalue weighted by atomic mass is 9.87. The highest BCUT2D eigenvalue weighted by molar-refractivity contribution is 7.27. The van der Waals surface area contributed by atoms with Gasteiger partial charge < -0.3 is 4.42 Å². The van der Waals surface area contributed by atoms with Crippen LogP contribution in [0, 0.1) is 10.8 Å². The Bertz CT molecular complexity index is 1760. The number of fused-ring (bicyclic) bond motifs is 6. The average molecular weight is 493 g/mol. The van der Waals surface area contributed by atoms with Gasteiger partial charge in [-0.1, -0.05) is 77.9 Å². The molecule has 0 unspecified atom stereocenters. The molecule has 0 aliphatic carbocycles. The first-order valence-electron chi connectivity index (χ1n) is 12.7. The minimum atomic E-state index is 0.234. The average Bonchev–Trinajstić information content (AvgIpc) is 3.32. The van der Waals surface area contributed by atoms with Gasteiger partial charge in [0.05, 0.1) is 15.1 Å². The van der Waals surface area contributed by atoms with E-state index in [9.17, 15) is 0 Å². The summed E-state index contributed by atoms with van der Waals surface area (Å²) in [5.74, 6) is 0. The summed E-state index contributed by atoms with van der Waals surface area (Å²) in [6.45, 7) is 13.7. The first-order chi connectivity index (χ1) is 17.0. The number of furan rings is 1. The predicted octanol–water partition coefficient (Wildman–Crippen LogP) is 9.59. The summed E-state index contributed by atoms with van der Waals surface area (Å²) in [4.78, 5) is 9.40. The van der Waals surface area contributed by atoms with E-state index in [2.05, 4.69) is 101 Å². The minimum Gasteiger partial charge on any atom is -0.453 e. The monoisotopic (exact) mass is 492 g/mol. The van der Waals surface area contributed by atoms with Gasteiger partial charge in [0.1, 0.15) is 17.4 Å². The van der Waals surface area contributed by atoms with Crippen LogP contribution in [0.15, 0.2) is 65.3 Å². The lowest BCUT2D eigenvalue weighted by molar-refractivity contribution is 0.411. The molecule has 0 amide bonds. The third-order valence-corrected chi connectivity index (χ3v) is 7.78. The van der Waals surface area contributed by atoms with E-state index in [4.69, 9.17) is 9.40 Å². The Hall–Kier alpha value is -3.24. The van der Waals surface area contributed by atoms with Crippen LogP contribution in [-0.4, -0.2) is 9.97 Å². The number of nitrogens with zero attached hydrogens (tertiary/aromatic N) is 2. The fourth-order valence-corrected chi connectivity index (χ4v) is 6.42. The lowest BCUT2D eigenvalue weighted by Crippen LogP contribution is -2.08. The summed E-state index contributed by atoms with van der Waals surface area (Å²) in [6.07, 6.45) is 3.75. The lowest BCUT2D eigenvalue weighted by Gasteiger charge is -2.18. The normalized spacial score (nSPS) is 12.9. The highest BCUT2D eigenvalue weighted by Gasteiger charge is 2.20. The number of rotatable bonds is 3. The zero-order valence-electron chi connectivity index (χ0n) is 21.9. The molecule has 3 aromatic heterocycles. The van der Waals surface area contributed by atoms with Crippen LogP contribution in [0.4, 0.5) is 0 Å². The van der Waals surface area contributed by atoms with E-state index >= 15 is 0 Å². The summed E-state index contributed by atoms with van der Waals surface area (Å²) in [6, 6.07) is 20.0. The van der Waals surface area contributed by atoms with Crippen LogP contribution in [0.5, 0.6) is 0 Å². The summed E-state index contributed by atoms with van der Waals surface area (Å²) in [5.41, 5.74) is 7.97. The molecule has 0 saturated carbocycles. The van der Waals surface area contributed by atoms with Crippen LogP contribution >= 0.6 is 11.3 Å².